The van der Waals surface area contributed by atoms with Crippen LogP contribution < -0.4 is 16.0 Å². The molecule has 1 unspecified atom stereocenters. The number of amides is 3. The Morgan fingerprint density at radius 2 is 1.87 bits per heavy atom. The van der Waals surface area contributed by atoms with Gasteiger partial charge in [0.1, 0.15) is 22.9 Å². The van der Waals surface area contributed by atoms with Gasteiger partial charge in [-0.3, -0.25) is 19.7 Å². The van der Waals surface area contributed by atoms with Crippen LogP contribution in [0.15, 0.2) is 46.1 Å². The molecule has 0 aliphatic carbocycles. The zero-order valence-corrected chi connectivity index (χ0v) is 17.2. The predicted octanol–water partition coefficient (Wildman–Crippen LogP) is 2.02. The summed E-state index contributed by atoms with van der Waals surface area (Å²) in [5, 5.41) is 18.6. The summed E-state index contributed by atoms with van der Waals surface area (Å²) in [6.45, 7) is 3.74. The van der Waals surface area contributed by atoms with Gasteiger partial charge in [-0.1, -0.05) is 13.0 Å². The van der Waals surface area contributed by atoms with Crippen molar-refractivity contribution in [3.8, 4) is 5.75 Å². The van der Waals surface area contributed by atoms with Crippen LogP contribution in [0.4, 0.5) is 5.69 Å². The van der Waals surface area contributed by atoms with Crippen molar-refractivity contribution in [2.75, 3.05) is 19.4 Å². The first-order valence-corrected chi connectivity index (χ1v) is 9.46. The summed E-state index contributed by atoms with van der Waals surface area (Å²) < 4.78 is 5.64. The number of hydrogen-bond acceptors (Lipinski definition) is 7. The third-order valence-electron chi connectivity index (χ3n) is 4.69. The quantitative estimate of drug-likeness (QED) is 0.405. The Labute approximate surface area is 173 Å². The molecule has 2 aromatic rings. The van der Waals surface area contributed by atoms with E-state index in [-0.39, 0.29) is 34.4 Å². The minimum atomic E-state index is -0.642. The maximum atomic E-state index is 12.4. The molecule has 30 heavy (non-hydrogen) atoms. The highest BCUT2D eigenvalue weighted by atomic mass is 16.3. The minimum absolute atomic E-state index is 0.0321. The van der Waals surface area contributed by atoms with Crippen LogP contribution in [-0.4, -0.2) is 41.8 Å². The molecule has 0 saturated heterocycles. The van der Waals surface area contributed by atoms with Gasteiger partial charge in [0.05, 0.1) is 17.3 Å². The molecule has 1 aromatic carbocycles. The van der Waals surface area contributed by atoms with E-state index in [0.717, 1.165) is 5.76 Å². The number of para-hydroxylation sites is 1. The number of carbonyl (C=O) groups excluding carboxylic acids is 3. The molecule has 1 aliphatic rings. The van der Waals surface area contributed by atoms with Crippen LogP contribution in [0.25, 0.3) is 0 Å². The van der Waals surface area contributed by atoms with Gasteiger partial charge < -0.3 is 25.1 Å². The van der Waals surface area contributed by atoms with Crippen LogP contribution >= 0.6 is 0 Å². The molecule has 2 heterocycles. The molecule has 1 aliphatic heterocycles. The minimum Gasteiger partial charge on any atom is -0.505 e. The lowest BCUT2D eigenvalue weighted by Crippen LogP contribution is -2.29. The van der Waals surface area contributed by atoms with Crippen molar-refractivity contribution in [1.82, 2.24) is 15.5 Å². The number of phenols is 1. The summed E-state index contributed by atoms with van der Waals surface area (Å²) in [5.41, 5.74) is 0.183. The Balaban J connectivity index is 1.95. The first-order chi connectivity index (χ1) is 14.2. The van der Waals surface area contributed by atoms with E-state index >= 15 is 0 Å². The SMILES string of the molecule is CCC(NC1=C(Nc2cccc(C(=O)N(C)C)c2O)C(=O)NC1=O)c1ccc(C)o1. The number of hydrogen-bond donors (Lipinski definition) is 4. The van der Waals surface area contributed by atoms with Crippen molar-refractivity contribution in [3.05, 3.63) is 58.8 Å². The number of imide groups is 1. The first-order valence-electron chi connectivity index (χ1n) is 9.46. The van der Waals surface area contributed by atoms with E-state index in [1.54, 1.807) is 26.2 Å². The Hall–Kier alpha value is -3.75. The van der Waals surface area contributed by atoms with Gasteiger partial charge in [0.25, 0.3) is 17.7 Å². The second-order valence-electron chi connectivity index (χ2n) is 7.11. The van der Waals surface area contributed by atoms with E-state index in [1.807, 2.05) is 19.9 Å². The molecule has 1 aromatic heterocycles. The van der Waals surface area contributed by atoms with Gasteiger partial charge in [-0.05, 0) is 37.6 Å². The molecule has 0 saturated carbocycles. The highest BCUT2D eigenvalue weighted by Gasteiger charge is 2.33. The zero-order valence-electron chi connectivity index (χ0n) is 17.2. The predicted molar refractivity (Wildman–Crippen MR) is 110 cm³/mol. The van der Waals surface area contributed by atoms with E-state index in [4.69, 9.17) is 4.42 Å². The fraction of sp³-hybridized carbons (Fsp3) is 0.286. The van der Waals surface area contributed by atoms with Crippen LogP contribution in [0.5, 0.6) is 5.75 Å². The van der Waals surface area contributed by atoms with E-state index in [0.29, 0.717) is 12.2 Å². The molecule has 0 bridgehead atoms. The summed E-state index contributed by atoms with van der Waals surface area (Å²) in [6.07, 6.45) is 0.600. The summed E-state index contributed by atoms with van der Waals surface area (Å²) >= 11 is 0. The summed E-state index contributed by atoms with van der Waals surface area (Å²) in [7, 11) is 3.13. The Kier molecular flexibility index (Phi) is 5.81. The van der Waals surface area contributed by atoms with Crippen molar-refractivity contribution in [1.29, 1.82) is 0 Å². The van der Waals surface area contributed by atoms with Gasteiger partial charge in [0, 0.05) is 14.1 Å². The van der Waals surface area contributed by atoms with Crippen LogP contribution in [0.3, 0.4) is 0 Å². The summed E-state index contributed by atoms with van der Waals surface area (Å²) in [6, 6.07) is 7.84. The van der Waals surface area contributed by atoms with Crippen molar-refractivity contribution in [2.45, 2.75) is 26.3 Å². The molecule has 0 spiro atoms. The molecule has 0 fully saturated rings. The van der Waals surface area contributed by atoms with Crippen molar-refractivity contribution < 1.29 is 23.9 Å². The molecule has 9 heteroatoms. The van der Waals surface area contributed by atoms with Crippen LogP contribution in [0.2, 0.25) is 0 Å². The van der Waals surface area contributed by atoms with Crippen LogP contribution in [0.1, 0.15) is 41.3 Å². The Morgan fingerprint density at radius 3 is 2.47 bits per heavy atom. The van der Waals surface area contributed by atoms with E-state index < -0.39 is 17.7 Å². The van der Waals surface area contributed by atoms with Crippen molar-refractivity contribution in [2.24, 2.45) is 0 Å². The number of nitrogens with zero attached hydrogens (tertiary/aromatic N) is 1. The van der Waals surface area contributed by atoms with E-state index in [2.05, 4.69) is 16.0 Å². The van der Waals surface area contributed by atoms with Gasteiger partial charge in [-0.2, -0.15) is 0 Å². The lowest BCUT2D eigenvalue weighted by Gasteiger charge is -2.18. The lowest BCUT2D eigenvalue weighted by atomic mass is 10.1. The number of anilines is 1. The molecule has 1 atom stereocenters. The number of carbonyl (C=O) groups is 3. The van der Waals surface area contributed by atoms with E-state index in [9.17, 15) is 19.5 Å². The second kappa shape index (κ2) is 8.32. The van der Waals surface area contributed by atoms with Crippen molar-refractivity contribution in [3.63, 3.8) is 0 Å². The molecular formula is C21H24N4O5. The third-order valence-corrected chi connectivity index (χ3v) is 4.69. The lowest BCUT2D eigenvalue weighted by molar-refractivity contribution is -0.124. The van der Waals surface area contributed by atoms with Gasteiger partial charge in [0.15, 0.2) is 5.75 Å². The normalized spacial score (nSPS) is 14.5. The monoisotopic (exact) mass is 412 g/mol. The fourth-order valence-electron chi connectivity index (χ4n) is 3.09. The average Bonchev–Trinajstić information content (AvgIpc) is 3.24. The van der Waals surface area contributed by atoms with Gasteiger partial charge in [0.2, 0.25) is 0 Å². The van der Waals surface area contributed by atoms with Gasteiger partial charge >= 0.3 is 0 Å². The molecule has 3 amide bonds. The second-order valence-corrected chi connectivity index (χ2v) is 7.11. The highest BCUT2D eigenvalue weighted by molar-refractivity contribution is 6.20. The standard InChI is InChI=1S/C21H24N4O5/c1-5-13(15-10-9-11(2)30-15)22-16-17(20(28)24-19(16)27)23-14-8-6-7-12(18(14)26)21(29)25(3)4/h6-10,13,26H,5H2,1-4H3,(H3,22,23,24,27,28). The number of furan rings is 1. The van der Waals surface area contributed by atoms with Gasteiger partial charge in [-0.25, -0.2) is 0 Å². The van der Waals surface area contributed by atoms with Crippen LogP contribution in [-0.2, 0) is 9.59 Å². The largest absolute Gasteiger partial charge is 0.505 e. The number of aromatic hydroxyl groups is 1. The smallest absolute Gasteiger partial charge is 0.276 e. The molecule has 3 rings (SSSR count). The molecule has 4 N–H and O–H groups in total. The van der Waals surface area contributed by atoms with Gasteiger partial charge in [-0.15, -0.1) is 0 Å². The highest BCUT2D eigenvalue weighted by Crippen LogP contribution is 2.31. The molecular weight excluding hydrogens is 388 g/mol. The number of rotatable bonds is 7. The maximum absolute atomic E-state index is 12.4. The number of benzene rings is 1. The first kappa shape index (κ1) is 21.0. The summed E-state index contributed by atoms with van der Waals surface area (Å²) in [4.78, 5) is 38.3. The zero-order chi connectivity index (χ0) is 22.0. The van der Waals surface area contributed by atoms with E-state index in [1.165, 1.54) is 17.0 Å². The number of phenolic OH excluding ortho intramolecular Hbond substituents is 1. The average molecular weight is 412 g/mol. The number of aryl methyl sites for hydroxylation is 1. The Bertz CT molecular complexity index is 1040. The molecule has 9 nitrogen and oxygen atoms in total. The topological polar surface area (TPSA) is 124 Å². The fourth-order valence-corrected chi connectivity index (χ4v) is 3.09. The number of nitrogens with one attached hydrogen (secondary N) is 3. The Morgan fingerprint density at radius 1 is 1.17 bits per heavy atom. The third kappa shape index (κ3) is 4.00. The van der Waals surface area contributed by atoms with Crippen LogP contribution in [0, 0.1) is 6.92 Å². The molecule has 0 radical (unpaired) electrons. The van der Waals surface area contributed by atoms with Crippen molar-refractivity contribution >= 4 is 23.4 Å². The summed E-state index contributed by atoms with van der Waals surface area (Å²) in [5.74, 6) is -0.577. The maximum Gasteiger partial charge on any atom is 0.276 e. The molecule has 158 valence electrons.